The molecule has 0 aliphatic carbocycles. The van der Waals surface area contributed by atoms with Crippen molar-refractivity contribution >= 4 is 28.6 Å². The van der Waals surface area contributed by atoms with Crippen molar-refractivity contribution in [1.82, 2.24) is 0 Å². The predicted octanol–water partition coefficient (Wildman–Crippen LogP) is 4.13. The van der Waals surface area contributed by atoms with Crippen molar-refractivity contribution in [3.05, 3.63) is 62.7 Å². The molecule has 2 nitrogen and oxygen atoms in total. The van der Waals surface area contributed by atoms with E-state index in [1.165, 1.54) is 0 Å². The Bertz CT molecular complexity index is 574. The minimum Gasteiger partial charge on any atom is -0.423 e. The number of hydrogen-bond donors (Lipinski definition) is 0. The highest BCUT2D eigenvalue weighted by Gasteiger charge is 2.11. The summed E-state index contributed by atoms with van der Waals surface area (Å²) in [6.45, 7) is 3.91. The van der Waals surface area contributed by atoms with Crippen molar-refractivity contribution in [1.29, 1.82) is 0 Å². The molecule has 0 bridgehead atoms. The molecule has 2 aromatic carbocycles. The molecular weight excluding hydrogens is 339 g/mol. The fourth-order valence-electron chi connectivity index (χ4n) is 1.62. The van der Waals surface area contributed by atoms with E-state index < -0.39 is 0 Å². The van der Waals surface area contributed by atoms with E-state index in [0.717, 1.165) is 14.7 Å². The lowest BCUT2D eigenvalue weighted by atomic mass is 10.1. The predicted molar refractivity (Wildman–Crippen MR) is 80.0 cm³/mol. The molecule has 3 heteroatoms. The monoisotopic (exact) mass is 352 g/mol. The van der Waals surface area contributed by atoms with Gasteiger partial charge in [-0.3, -0.25) is 0 Å². The van der Waals surface area contributed by atoms with E-state index in [-0.39, 0.29) is 5.97 Å². The molecule has 92 valence electrons. The summed E-state index contributed by atoms with van der Waals surface area (Å²) in [6, 6.07) is 13.1. The van der Waals surface area contributed by atoms with E-state index in [0.29, 0.717) is 11.3 Å². The van der Waals surface area contributed by atoms with Crippen LogP contribution in [0.3, 0.4) is 0 Å². The van der Waals surface area contributed by atoms with E-state index >= 15 is 0 Å². The molecule has 0 radical (unpaired) electrons. The summed E-state index contributed by atoms with van der Waals surface area (Å²) in [4.78, 5) is 12.0. The van der Waals surface area contributed by atoms with Crippen LogP contribution in [0.2, 0.25) is 0 Å². The van der Waals surface area contributed by atoms with Gasteiger partial charge in [0.25, 0.3) is 0 Å². The zero-order valence-electron chi connectivity index (χ0n) is 10.2. The zero-order valence-corrected chi connectivity index (χ0v) is 12.4. The van der Waals surface area contributed by atoms with E-state index in [1.54, 1.807) is 18.2 Å². The first kappa shape index (κ1) is 13.1. The summed E-state index contributed by atoms with van der Waals surface area (Å²) >= 11 is 2.22. The minimum atomic E-state index is -0.312. The van der Waals surface area contributed by atoms with Gasteiger partial charge >= 0.3 is 5.97 Å². The van der Waals surface area contributed by atoms with Crippen LogP contribution < -0.4 is 4.74 Å². The molecule has 0 atom stereocenters. The largest absolute Gasteiger partial charge is 0.423 e. The van der Waals surface area contributed by atoms with Crippen LogP contribution in [0.1, 0.15) is 21.5 Å². The Morgan fingerprint density at radius 1 is 1.06 bits per heavy atom. The number of carbonyl (C=O) groups excluding carboxylic acids is 1. The van der Waals surface area contributed by atoms with Crippen LogP contribution in [0.25, 0.3) is 0 Å². The van der Waals surface area contributed by atoms with Gasteiger partial charge in [0.15, 0.2) is 0 Å². The van der Waals surface area contributed by atoms with Gasteiger partial charge < -0.3 is 4.74 Å². The second-order valence-electron chi connectivity index (χ2n) is 4.16. The lowest BCUT2D eigenvalue weighted by Gasteiger charge is -2.07. The summed E-state index contributed by atoms with van der Waals surface area (Å²) in [6.07, 6.45) is 0. The zero-order chi connectivity index (χ0) is 13.1. The van der Waals surface area contributed by atoms with Crippen molar-refractivity contribution < 1.29 is 9.53 Å². The molecule has 18 heavy (non-hydrogen) atoms. The molecule has 0 amide bonds. The average molecular weight is 352 g/mol. The molecule has 0 unspecified atom stereocenters. The van der Waals surface area contributed by atoms with Gasteiger partial charge in [-0.15, -0.1) is 0 Å². The molecule has 0 fully saturated rings. The van der Waals surface area contributed by atoms with E-state index in [4.69, 9.17) is 4.74 Å². The number of carbonyl (C=O) groups is 1. The molecule has 2 rings (SSSR count). The molecule has 0 aliphatic rings. The smallest absolute Gasteiger partial charge is 0.343 e. The SMILES string of the molecule is Cc1ccc(OC(=O)c2ccc(I)cc2C)cc1. The Morgan fingerprint density at radius 3 is 2.33 bits per heavy atom. The van der Waals surface area contributed by atoms with Gasteiger partial charge in [0.2, 0.25) is 0 Å². The highest BCUT2D eigenvalue weighted by molar-refractivity contribution is 14.1. The van der Waals surface area contributed by atoms with E-state index in [9.17, 15) is 4.79 Å². The molecule has 2 aromatic rings. The van der Waals surface area contributed by atoms with Crippen molar-refractivity contribution in [2.45, 2.75) is 13.8 Å². The Balaban J connectivity index is 2.19. The van der Waals surface area contributed by atoms with Gasteiger partial charge in [-0.05, 0) is 72.3 Å². The Kier molecular flexibility index (Phi) is 4.01. The van der Waals surface area contributed by atoms with Crippen LogP contribution in [0.5, 0.6) is 5.75 Å². The van der Waals surface area contributed by atoms with Crippen molar-refractivity contribution in [2.24, 2.45) is 0 Å². The first-order valence-corrected chi connectivity index (χ1v) is 6.69. The summed E-state index contributed by atoms with van der Waals surface area (Å²) in [5.41, 5.74) is 2.68. The van der Waals surface area contributed by atoms with Crippen LogP contribution >= 0.6 is 22.6 Å². The van der Waals surface area contributed by atoms with Crippen LogP contribution in [0.4, 0.5) is 0 Å². The van der Waals surface area contributed by atoms with Crippen molar-refractivity contribution in [3.63, 3.8) is 0 Å². The summed E-state index contributed by atoms with van der Waals surface area (Å²) in [5.74, 6) is 0.260. The maximum Gasteiger partial charge on any atom is 0.343 e. The molecule has 0 spiro atoms. The fourth-order valence-corrected chi connectivity index (χ4v) is 2.27. The lowest BCUT2D eigenvalue weighted by molar-refractivity contribution is 0.0734. The molecule has 0 aliphatic heterocycles. The fraction of sp³-hybridized carbons (Fsp3) is 0.133. The molecule has 0 N–H and O–H groups in total. The normalized spacial score (nSPS) is 10.2. The van der Waals surface area contributed by atoms with E-state index in [1.807, 2.05) is 38.1 Å². The quantitative estimate of drug-likeness (QED) is 0.462. The Labute approximate surface area is 120 Å². The summed E-state index contributed by atoms with van der Waals surface area (Å²) in [5, 5.41) is 0. The van der Waals surface area contributed by atoms with E-state index in [2.05, 4.69) is 22.6 Å². The molecule has 0 saturated carbocycles. The Morgan fingerprint density at radius 2 is 1.72 bits per heavy atom. The average Bonchev–Trinajstić information content (AvgIpc) is 2.32. The van der Waals surface area contributed by atoms with Gasteiger partial charge in [-0.2, -0.15) is 0 Å². The standard InChI is InChI=1S/C15H13IO2/c1-10-3-6-13(7-4-10)18-15(17)14-8-5-12(16)9-11(14)2/h3-9H,1-2H3. The third kappa shape index (κ3) is 3.10. The van der Waals surface area contributed by atoms with Crippen LogP contribution in [-0.2, 0) is 0 Å². The maximum absolute atomic E-state index is 12.0. The molecular formula is C15H13IO2. The number of halogens is 1. The molecule has 0 aromatic heterocycles. The van der Waals surface area contributed by atoms with Crippen LogP contribution in [-0.4, -0.2) is 5.97 Å². The summed E-state index contributed by atoms with van der Waals surface area (Å²) in [7, 11) is 0. The third-order valence-electron chi connectivity index (χ3n) is 2.64. The van der Waals surface area contributed by atoms with Crippen LogP contribution in [0.15, 0.2) is 42.5 Å². The van der Waals surface area contributed by atoms with Crippen molar-refractivity contribution in [2.75, 3.05) is 0 Å². The number of benzene rings is 2. The minimum absolute atomic E-state index is 0.312. The highest BCUT2D eigenvalue weighted by atomic mass is 127. The topological polar surface area (TPSA) is 26.3 Å². The van der Waals surface area contributed by atoms with Gasteiger partial charge in [0, 0.05) is 3.57 Å². The first-order valence-electron chi connectivity index (χ1n) is 5.61. The number of ether oxygens (including phenoxy) is 1. The van der Waals surface area contributed by atoms with Gasteiger partial charge in [0.05, 0.1) is 5.56 Å². The molecule has 0 heterocycles. The van der Waals surface area contributed by atoms with Crippen LogP contribution in [0, 0.1) is 17.4 Å². The Hall–Kier alpha value is -1.36. The highest BCUT2D eigenvalue weighted by Crippen LogP contribution is 2.17. The number of aryl methyl sites for hydroxylation is 2. The number of esters is 1. The lowest BCUT2D eigenvalue weighted by Crippen LogP contribution is -2.10. The summed E-state index contributed by atoms with van der Waals surface area (Å²) < 4.78 is 6.44. The molecule has 0 saturated heterocycles. The van der Waals surface area contributed by atoms with Gasteiger partial charge in [-0.25, -0.2) is 4.79 Å². The number of hydrogen-bond acceptors (Lipinski definition) is 2. The van der Waals surface area contributed by atoms with Gasteiger partial charge in [0.1, 0.15) is 5.75 Å². The third-order valence-corrected chi connectivity index (χ3v) is 3.31. The van der Waals surface area contributed by atoms with Gasteiger partial charge in [-0.1, -0.05) is 17.7 Å². The second-order valence-corrected chi connectivity index (χ2v) is 5.41. The number of rotatable bonds is 2. The van der Waals surface area contributed by atoms with Crippen molar-refractivity contribution in [3.8, 4) is 5.75 Å². The second kappa shape index (κ2) is 5.52. The first-order chi connectivity index (χ1) is 8.56. The maximum atomic E-state index is 12.0.